The van der Waals surface area contributed by atoms with E-state index in [1.807, 2.05) is 0 Å². The quantitative estimate of drug-likeness (QED) is 0.763. The van der Waals surface area contributed by atoms with Gasteiger partial charge in [0.2, 0.25) is 0 Å². The predicted octanol–water partition coefficient (Wildman–Crippen LogP) is 2.98. The monoisotopic (exact) mass is 262 g/mol. The van der Waals surface area contributed by atoms with Gasteiger partial charge in [-0.3, -0.25) is 0 Å². The van der Waals surface area contributed by atoms with Crippen molar-refractivity contribution in [1.82, 2.24) is 0 Å². The van der Waals surface area contributed by atoms with Gasteiger partial charge in [0.1, 0.15) is 5.75 Å². The van der Waals surface area contributed by atoms with Crippen molar-refractivity contribution in [2.75, 3.05) is 0 Å². The van der Waals surface area contributed by atoms with Crippen molar-refractivity contribution in [2.24, 2.45) is 0 Å². The second-order valence-corrected chi connectivity index (χ2v) is 3.60. The van der Waals surface area contributed by atoms with Crippen LogP contribution in [-0.4, -0.2) is 5.11 Å². The number of phenolic OH excluding ortho intramolecular Hbond substituents is 1. The van der Waals surface area contributed by atoms with Crippen molar-refractivity contribution >= 4 is 31.9 Å². The lowest BCUT2D eigenvalue weighted by molar-refractivity contribution is 0.469. The summed E-state index contributed by atoms with van der Waals surface area (Å²) in [5.74, 6) is 0.0863. The maximum atomic E-state index is 9.14. The van der Waals surface area contributed by atoms with Gasteiger partial charge in [-0.15, -0.1) is 0 Å². The SMILES string of the molecule is [CH]c1cc(Br)cc(Br)c1O. The fourth-order valence-electron chi connectivity index (χ4n) is 0.586. The van der Waals surface area contributed by atoms with Crippen LogP contribution in [0.4, 0.5) is 0 Å². The van der Waals surface area contributed by atoms with Crippen molar-refractivity contribution in [3.05, 3.63) is 33.6 Å². The van der Waals surface area contributed by atoms with E-state index in [-0.39, 0.29) is 5.75 Å². The van der Waals surface area contributed by atoms with Gasteiger partial charge < -0.3 is 5.11 Å². The molecule has 0 heterocycles. The van der Waals surface area contributed by atoms with E-state index in [0.29, 0.717) is 10.0 Å². The molecule has 0 unspecified atom stereocenters. The lowest BCUT2D eigenvalue weighted by atomic mass is 10.2. The van der Waals surface area contributed by atoms with Crippen molar-refractivity contribution in [1.29, 1.82) is 0 Å². The number of halogens is 2. The average molecular weight is 264 g/mol. The Morgan fingerprint density at radius 3 is 2.40 bits per heavy atom. The van der Waals surface area contributed by atoms with Crippen molar-refractivity contribution in [3.63, 3.8) is 0 Å². The number of rotatable bonds is 0. The minimum Gasteiger partial charge on any atom is -0.506 e. The summed E-state index contributed by atoms with van der Waals surface area (Å²) in [6.45, 7) is 5.41. The minimum absolute atomic E-state index is 0.0863. The highest BCUT2D eigenvalue weighted by Crippen LogP contribution is 2.30. The minimum atomic E-state index is 0.0863. The molecule has 0 atom stereocenters. The van der Waals surface area contributed by atoms with E-state index in [1.54, 1.807) is 12.1 Å². The molecule has 52 valence electrons. The predicted molar refractivity (Wildman–Crippen MR) is 46.9 cm³/mol. The Bertz CT molecular complexity index is 235. The molecule has 0 bridgehead atoms. The van der Waals surface area contributed by atoms with Crippen LogP contribution in [0.5, 0.6) is 5.75 Å². The second kappa shape index (κ2) is 2.93. The number of phenols is 1. The molecule has 0 saturated heterocycles. The first-order chi connectivity index (χ1) is 4.61. The molecule has 1 aromatic rings. The zero-order chi connectivity index (χ0) is 7.72. The zero-order valence-corrected chi connectivity index (χ0v) is 8.11. The molecule has 0 aliphatic carbocycles. The van der Waals surface area contributed by atoms with Crippen LogP contribution >= 0.6 is 31.9 Å². The van der Waals surface area contributed by atoms with Gasteiger partial charge in [0.05, 0.1) is 4.47 Å². The molecular weight excluding hydrogens is 260 g/mol. The second-order valence-electron chi connectivity index (χ2n) is 1.83. The van der Waals surface area contributed by atoms with Gasteiger partial charge in [-0.25, -0.2) is 0 Å². The zero-order valence-electron chi connectivity index (χ0n) is 4.94. The molecule has 3 heteroatoms. The summed E-state index contributed by atoms with van der Waals surface area (Å²) in [5, 5.41) is 9.14. The van der Waals surface area contributed by atoms with Gasteiger partial charge in [-0.2, -0.15) is 0 Å². The summed E-state index contributed by atoms with van der Waals surface area (Å²) >= 11 is 6.36. The molecule has 1 aromatic carbocycles. The van der Waals surface area contributed by atoms with E-state index in [2.05, 4.69) is 31.9 Å². The maximum Gasteiger partial charge on any atom is 0.133 e. The number of hydrogen-bond acceptors (Lipinski definition) is 1. The topological polar surface area (TPSA) is 20.2 Å². The molecule has 1 nitrogen and oxygen atoms in total. The molecule has 2 radical (unpaired) electrons. The third-order valence-electron chi connectivity index (χ3n) is 1.06. The van der Waals surface area contributed by atoms with Crippen LogP contribution in [0, 0.1) is 6.92 Å². The van der Waals surface area contributed by atoms with Crippen LogP contribution in [-0.2, 0) is 0 Å². The molecule has 10 heavy (non-hydrogen) atoms. The van der Waals surface area contributed by atoms with E-state index in [9.17, 15) is 0 Å². The van der Waals surface area contributed by atoms with Crippen molar-refractivity contribution in [3.8, 4) is 5.75 Å². The highest BCUT2D eigenvalue weighted by Gasteiger charge is 2.01. The molecule has 0 aliphatic heterocycles. The molecule has 1 rings (SSSR count). The first-order valence-corrected chi connectivity index (χ1v) is 4.13. The first-order valence-electron chi connectivity index (χ1n) is 2.54. The first kappa shape index (κ1) is 8.08. The maximum absolute atomic E-state index is 9.14. The van der Waals surface area contributed by atoms with Crippen LogP contribution in [0.3, 0.4) is 0 Å². The molecule has 0 saturated carbocycles. The fraction of sp³-hybridized carbons (Fsp3) is 0. The standard InChI is InChI=1S/C7H4Br2O/c1-4-2-5(8)3-6(9)7(4)10/h1-3,10H. The Hall–Kier alpha value is -0.0200. The third-order valence-corrected chi connectivity index (χ3v) is 2.12. The van der Waals surface area contributed by atoms with Gasteiger partial charge in [0, 0.05) is 17.0 Å². The van der Waals surface area contributed by atoms with Crippen LogP contribution in [0.25, 0.3) is 0 Å². The summed E-state index contributed by atoms with van der Waals surface area (Å²) in [4.78, 5) is 0. The van der Waals surface area contributed by atoms with Gasteiger partial charge in [0.25, 0.3) is 0 Å². The fourth-order valence-corrected chi connectivity index (χ4v) is 1.84. The summed E-state index contributed by atoms with van der Waals surface area (Å²) in [6.07, 6.45) is 0. The normalized spacial score (nSPS) is 9.90. The van der Waals surface area contributed by atoms with Gasteiger partial charge in [0.15, 0.2) is 0 Å². The van der Waals surface area contributed by atoms with Crippen LogP contribution in [0.2, 0.25) is 0 Å². The highest BCUT2D eigenvalue weighted by atomic mass is 79.9. The van der Waals surface area contributed by atoms with Crippen LogP contribution in [0.15, 0.2) is 21.1 Å². The molecule has 0 aliphatic rings. The number of hydrogen-bond donors (Lipinski definition) is 1. The van der Waals surface area contributed by atoms with E-state index in [4.69, 9.17) is 12.0 Å². The molecule has 1 N–H and O–H groups in total. The Kier molecular flexibility index (Phi) is 2.36. The summed E-state index contributed by atoms with van der Waals surface area (Å²) in [5.41, 5.74) is 0.362. The van der Waals surface area contributed by atoms with Crippen molar-refractivity contribution in [2.45, 2.75) is 0 Å². The molecule has 0 fully saturated rings. The molecule has 0 aromatic heterocycles. The van der Waals surface area contributed by atoms with Gasteiger partial charge >= 0.3 is 0 Å². The van der Waals surface area contributed by atoms with Gasteiger partial charge in [-0.1, -0.05) is 15.9 Å². The number of benzene rings is 1. The Labute approximate surface area is 76.3 Å². The average Bonchev–Trinajstić information content (AvgIpc) is 1.82. The van der Waals surface area contributed by atoms with Crippen molar-refractivity contribution < 1.29 is 5.11 Å². The molecular formula is C7H4Br2O. The number of aromatic hydroxyl groups is 1. The van der Waals surface area contributed by atoms with Crippen LogP contribution < -0.4 is 0 Å². The summed E-state index contributed by atoms with van der Waals surface area (Å²) < 4.78 is 1.44. The Morgan fingerprint density at radius 1 is 1.30 bits per heavy atom. The summed E-state index contributed by atoms with van der Waals surface area (Å²) in [6, 6.07) is 3.37. The lowest BCUT2D eigenvalue weighted by Crippen LogP contribution is -1.76. The molecule has 0 amide bonds. The highest BCUT2D eigenvalue weighted by molar-refractivity contribution is 9.11. The lowest BCUT2D eigenvalue weighted by Gasteiger charge is -2.00. The van der Waals surface area contributed by atoms with E-state index < -0.39 is 0 Å². The Balaban J connectivity index is 3.31. The van der Waals surface area contributed by atoms with E-state index >= 15 is 0 Å². The largest absolute Gasteiger partial charge is 0.506 e. The van der Waals surface area contributed by atoms with E-state index in [0.717, 1.165) is 4.47 Å². The molecule has 0 spiro atoms. The van der Waals surface area contributed by atoms with Gasteiger partial charge in [-0.05, 0) is 28.1 Å². The Morgan fingerprint density at radius 2 is 1.90 bits per heavy atom. The smallest absolute Gasteiger partial charge is 0.133 e. The van der Waals surface area contributed by atoms with Crippen LogP contribution in [0.1, 0.15) is 5.56 Å². The van der Waals surface area contributed by atoms with E-state index in [1.165, 1.54) is 0 Å². The summed E-state index contributed by atoms with van der Waals surface area (Å²) in [7, 11) is 0. The third kappa shape index (κ3) is 1.52.